The van der Waals surface area contributed by atoms with Crippen LogP contribution in [0.1, 0.15) is 39.5 Å². The van der Waals surface area contributed by atoms with Crippen LogP contribution in [0.15, 0.2) is 0 Å². The molecular weight excluding hydrogens is 194 g/mol. The second-order valence-corrected chi connectivity index (χ2v) is 4.39. The van der Waals surface area contributed by atoms with Gasteiger partial charge in [0, 0.05) is 12.1 Å². The van der Waals surface area contributed by atoms with Gasteiger partial charge in [0.2, 0.25) is 0 Å². The predicted molar refractivity (Wildman–Crippen MR) is 57.7 cm³/mol. The van der Waals surface area contributed by atoms with E-state index in [1.54, 1.807) is 0 Å². The number of carboxylic acid groups (broad SMARTS) is 1. The highest BCUT2D eigenvalue weighted by Gasteiger charge is 2.33. The molecule has 1 saturated carbocycles. The molecule has 0 amide bonds. The number of hydrogen-bond donors (Lipinski definition) is 2. The maximum atomic E-state index is 10.8. The Bertz CT molecular complexity index is 220. The molecule has 0 aromatic carbocycles. The molecule has 0 aromatic rings. The van der Waals surface area contributed by atoms with Gasteiger partial charge >= 0.3 is 5.97 Å². The third-order valence-corrected chi connectivity index (χ3v) is 3.34. The van der Waals surface area contributed by atoms with Crippen LogP contribution in [-0.2, 0) is 4.79 Å². The Morgan fingerprint density at radius 2 is 2.20 bits per heavy atom. The van der Waals surface area contributed by atoms with E-state index in [1.165, 1.54) is 0 Å². The van der Waals surface area contributed by atoms with Gasteiger partial charge in [-0.2, -0.15) is 0 Å². The third-order valence-electron chi connectivity index (χ3n) is 3.34. The van der Waals surface area contributed by atoms with Crippen LogP contribution in [-0.4, -0.2) is 45.8 Å². The molecule has 4 heteroatoms. The van der Waals surface area contributed by atoms with Crippen LogP contribution in [0.4, 0.5) is 0 Å². The van der Waals surface area contributed by atoms with E-state index in [-0.39, 0.29) is 24.7 Å². The number of aliphatic carboxylic acids is 1. The normalized spacial score (nSPS) is 28.3. The topological polar surface area (TPSA) is 60.8 Å². The molecule has 15 heavy (non-hydrogen) atoms. The third kappa shape index (κ3) is 3.18. The Hall–Kier alpha value is -0.610. The van der Waals surface area contributed by atoms with Gasteiger partial charge in [-0.1, -0.05) is 6.92 Å². The minimum absolute atomic E-state index is 0.0380. The van der Waals surface area contributed by atoms with E-state index in [2.05, 4.69) is 0 Å². The Kier molecular flexibility index (Phi) is 4.54. The van der Waals surface area contributed by atoms with Crippen molar-refractivity contribution in [3.8, 4) is 0 Å². The fourth-order valence-electron chi connectivity index (χ4n) is 2.30. The van der Waals surface area contributed by atoms with E-state index in [0.29, 0.717) is 0 Å². The van der Waals surface area contributed by atoms with Crippen LogP contribution < -0.4 is 0 Å². The van der Waals surface area contributed by atoms with Gasteiger partial charge in [-0.3, -0.25) is 9.69 Å². The number of hydrogen-bond acceptors (Lipinski definition) is 3. The number of carboxylic acids is 1. The smallest absolute Gasteiger partial charge is 0.317 e. The lowest BCUT2D eigenvalue weighted by atomic mass is 10.1. The van der Waals surface area contributed by atoms with Crippen molar-refractivity contribution in [2.45, 2.75) is 57.7 Å². The minimum atomic E-state index is -0.811. The molecule has 3 atom stereocenters. The van der Waals surface area contributed by atoms with Crippen molar-refractivity contribution in [1.29, 1.82) is 0 Å². The molecule has 0 bridgehead atoms. The summed E-state index contributed by atoms with van der Waals surface area (Å²) < 4.78 is 0. The van der Waals surface area contributed by atoms with Gasteiger partial charge in [0.15, 0.2) is 0 Å². The zero-order valence-electron chi connectivity index (χ0n) is 9.52. The number of aliphatic hydroxyl groups is 1. The first-order valence-electron chi connectivity index (χ1n) is 5.71. The molecule has 0 saturated heterocycles. The lowest BCUT2D eigenvalue weighted by molar-refractivity contribution is -0.140. The first kappa shape index (κ1) is 12.5. The highest BCUT2D eigenvalue weighted by molar-refractivity contribution is 5.69. The zero-order valence-corrected chi connectivity index (χ0v) is 9.52. The van der Waals surface area contributed by atoms with E-state index < -0.39 is 5.97 Å². The average molecular weight is 215 g/mol. The van der Waals surface area contributed by atoms with E-state index in [4.69, 9.17) is 5.11 Å². The monoisotopic (exact) mass is 215 g/mol. The van der Waals surface area contributed by atoms with Crippen molar-refractivity contribution < 1.29 is 15.0 Å². The van der Waals surface area contributed by atoms with Crippen LogP contribution in [0, 0.1) is 0 Å². The van der Waals surface area contributed by atoms with Gasteiger partial charge in [-0.15, -0.1) is 0 Å². The molecule has 1 fully saturated rings. The Labute approximate surface area is 90.9 Å². The molecule has 2 N–H and O–H groups in total. The molecule has 0 aliphatic heterocycles. The van der Waals surface area contributed by atoms with Gasteiger partial charge in [0.1, 0.15) is 0 Å². The zero-order chi connectivity index (χ0) is 11.4. The maximum absolute atomic E-state index is 10.8. The first-order chi connectivity index (χ1) is 7.06. The highest BCUT2D eigenvalue weighted by Crippen LogP contribution is 2.26. The van der Waals surface area contributed by atoms with Crippen LogP contribution >= 0.6 is 0 Å². The van der Waals surface area contributed by atoms with E-state index in [9.17, 15) is 9.90 Å². The average Bonchev–Trinajstić information content (AvgIpc) is 2.59. The number of carbonyl (C=O) groups is 1. The molecule has 0 spiro atoms. The summed E-state index contributed by atoms with van der Waals surface area (Å²) in [5, 5.41) is 18.6. The minimum Gasteiger partial charge on any atom is -0.480 e. The molecule has 0 heterocycles. The van der Waals surface area contributed by atoms with E-state index in [1.807, 2.05) is 18.7 Å². The van der Waals surface area contributed by atoms with Gasteiger partial charge in [0.05, 0.1) is 12.6 Å². The Morgan fingerprint density at radius 1 is 1.53 bits per heavy atom. The molecule has 0 radical (unpaired) electrons. The largest absolute Gasteiger partial charge is 0.480 e. The second-order valence-electron chi connectivity index (χ2n) is 4.39. The summed E-state index contributed by atoms with van der Waals surface area (Å²) in [5.41, 5.74) is 0. The Morgan fingerprint density at radius 3 is 2.60 bits per heavy atom. The molecule has 1 rings (SSSR count). The van der Waals surface area contributed by atoms with Gasteiger partial charge < -0.3 is 10.2 Å². The summed E-state index contributed by atoms with van der Waals surface area (Å²) in [7, 11) is 0. The summed E-state index contributed by atoms with van der Waals surface area (Å²) >= 11 is 0. The fourth-order valence-corrected chi connectivity index (χ4v) is 2.30. The lowest BCUT2D eigenvalue weighted by Gasteiger charge is -2.34. The molecule has 0 aromatic heterocycles. The molecule has 88 valence electrons. The quantitative estimate of drug-likeness (QED) is 0.720. The molecule has 1 aliphatic carbocycles. The Balaban J connectivity index is 2.66. The summed E-state index contributed by atoms with van der Waals surface area (Å²) in [6.07, 6.45) is 3.28. The summed E-state index contributed by atoms with van der Waals surface area (Å²) in [6.45, 7) is 4.10. The van der Waals surface area contributed by atoms with Crippen molar-refractivity contribution in [2.24, 2.45) is 0 Å². The number of aliphatic hydroxyl groups excluding tert-OH is 1. The highest BCUT2D eigenvalue weighted by atomic mass is 16.4. The SMILES string of the molecule is CCC(C)N(CC(=O)O)C1CCCC1O. The molecular formula is C11H21NO3. The van der Waals surface area contributed by atoms with Crippen molar-refractivity contribution >= 4 is 5.97 Å². The van der Waals surface area contributed by atoms with Crippen molar-refractivity contribution in [2.75, 3.05) is 6.54 Å². The van der Waals surface area contributed by atoms with Crippen molar-refractivity contribution in [3.05, 3.63) is 0 Å². The van der Waals surface area contributed by atoms with Crippen LogP contribution in [0.2, 0.25) is 0 Å². The maximum Gasteiger partial charge on any atom is 0.317 e. The molecule has 3 unspecified atom stereocenters. The van der Waals surface area contributed by atoms with Gasteiger partial charge in [-0.25, -0.2) is 0 Å². The first-order valence-corrected chi connectivity index (χ1v) is 5.71. The van der Waals surface area contributed by atoms with Crippen molar-refractivity contribution in [1.82, 2.24) is 4.90 Å². The molecule has 4 nitrogen and oxygen atoms in total. The van der Waals surface area contributed by atoms with Gasteiger partial charge in [-0.05, 0) is 32.6 Å². The summed E-state index contributed by atoms with van der Waals surface area (Å²) in [5.74, 6) is -0.811. The number of nitrogens with zero attached hydrogens (tertiary/aromatic N) is 1. The summed E-state index contributed by atoms with van der Waals surface area (Å²) in [6, 6.07) is 0.259. The van der Waals surface area contributed by atoms with Gasteiger partial charge in [0.25, 0.3) is 0 Å². The standard InChI is InChI=1S/C11H21NO3/c1-3-8(2)12(7-11(14)15)9-5-4-6-10(9)13/h8-10,13H,3-7H2,1-2H3,(H,14,15). The van der Waals surface area contributed by atoms with Crippen LogP contribution in [0.25, 0.3) is 0 Å². The van der Waals surface area contributed by atoms with E-state index in [0.717, 1.165) is 25.7 Å². The lowest BCUT2D eigenvalue weighted by Crippen LogP contribution is -2.47. The van der Waals surface area contributed by atoms with Crippen molar-refractivity contribution in [3.63, 3.8) is 0 Å². The second kappa shape index (κ2) is 5.47. The molecule has 1 aliphatic rings. The van der Waals surface area contributed by atoms with Crippen LogP contribution in [0.5, 0.6) is 0 Å². The summed E-state index contributed by atoms with van der Waals surface area (Å²) in [4.78, 5) is 12.7. The predicted octanol–water partition coefficient (Wildman–Crippen LogP) is 1.08. The fraction of sp³-hybridized carbons (Fsp3) is 0.909. The number of rotatable bonds is 5. The van der Waals surface area contributed by atoms with Crippen LogP contribution in [0.3, 0.4) is 0 Å². The van der Waals surface area contributed by atoms with E-state index >= 15 is 0 Å².